The highest BCUT2D eigenvalue weighted by Gasteiger charge is 2.27. The zero-order valence-corrected chi connectivity index (χ0v) is 13.3. The van der Waals surface area contributed by atoms with Crippen molar-refractivity contribution in [3.63, 3.8) is 0 Å². The number of oxazole rings is 1. The van der Waals surface area contributed by atoms with Crippen molar-refractivity contribution >= 4 is 38.6 Å². The minimum absolute atomic E-state index is 0.194. The number of aromatic nitrogens is 1. The molecule has 0 radical (unpaired) electrons. The molecular formula is C10H10ClN3O5S2. The molecule has 1 atom stereocenters. The van der Waals surface area contributed by atoms with Crippen molar-refractivity contribution in [2.45, 2.75) is 24.1 Å². The second kappa shape index (κ2) is 5.72. The fraction of sp³-hybridized carbons (Fsp3) is 0.300. The first kappa shape index (κ1) is 15.9. The van der Waals surface area contributed by atoms with Crippen LogP contribution in [0.4, 0.5) is 5.69 Å². The third-order valence-corrected chi connectivity index (χ3v) is 5.80. The van der Waals surface area contributed by atoms with Gasteiger partial charge in [-0.05, 0) is 13.8 Å². The first-order valence-corrected chi connectivity index (χ1v) is 8.27. The van der Waals surface area contributed by atoms with Crippen LogP contribution in [0.1, 0.15) is 24.6 Å². The Morgan fingerprint density at radius 3 is 2.71 bits per heavy atom. The summed E-state index contributed by atoms with van der Waals surface area (Å²) in [6, 6.07) is 0.201. The number of hydrogen-bond acceptors (Lipinski definition) is 7. The van der Waals surface area contributed by atoms with Gasteiger partial charge in [0.2, 0.25) is 5.89 Å². The van der Waals surface area contributed by atoms with E-state index in [9.17, 15) is 18.5 Å². The van der Waals surface area contributed by atoms with Gasteiger partial charge in [0.15, 0.2) is 4.34 Å². The van der Waals surface area contributed by atoms with E-state index in [1.165, 1.54) is 6.20 Å². The fourth-order valence-corrected chi connectivity index (χ4v) is 4.39. The van der Waals surface area contributed by atoms with Crippen LogP contribution in [-0.4, -0.2) is 18.3 Å². The lowest BCUT2D eigenvalue weighted by Crippen LogP contribution is -2.26. The van der Waals surface area contributed by atoms with E-state index in [1.54, 1.807) is 13.8 Å². The summed E-state index contributed by atoms with van der Waals surface area (Å²) in [5.41, 5.74) is -0.443. The molecule has 0 aliphatic rings. The summed E-state index contributed by atoms with van der Waals surface area (Å²) in [4.78, 5) is 13.9. The van der Waals surface area contributed by atoms with Gasteiger partial charge in [-0.15, -0.1) is 11.3 Å². The Labute approximate surface area is 129 Å². The molecule has 0 saturated carbocycles. The van der Waals surface area contributed by atoms with Gasteiger partial charge in [-0.1, -0.05) is 11.6 Å². The SMILES string of the molecule is Cc1cnc(C(C)NS(=O)(=O)c2cc([N+](=O)[O-])c(Cl)s2)o1. The highest BCUT2D eigenvalue weighted by atomic mass is 35.5. The van der Waals surface area contributed by atoms with Crippen LogP contribution in [0.3, 0.4) is 0 Å². The third kappa shape index (κ3) is 3.40. The van der Waals surface area contributed by atoms with Gasteiger partial charge in [-0.2, -0.15) is 4.72 Å². The van der Waals surface area contributed by atoms with Crippen LogP contribution in [0.2, 0.25) is 4.34 Å². The Balaban J connectivity index is 2.26. The topological polar surface area (TPSA) is 115 Å². The van der Waals surface area contributed by atoms with Crippen LogP contribution < -0.4 is 4.72 Å². The third-order valence-electron chi connectivity index (χ3n) is 2.45. The molecule has 1 unspecified atom stereocenters. The molecular weight excluding hydrogens is 342 g/mol. The Hall–Kier alpha value is -1.49. The summed E-state index contributed by atoms with van der Waals surface area (Å²) in [5.74, 6) is 0.749. The molecule has 0 saturated heterocycles. The summed E-state index contributed by atoms with van der Waals surface area (Å²) in [6.07, 6.45) is 1.47. The lowest BCUT2D eigenvalue weighted by atomic mass is 10.4. The number of hydrogen-bond donors (Lipinski definition) is 1. The van der Waals surface area contributed by atoms with E-state index in [2.05, 4.69) is 9.71 Å². The van der Waals surface area contributed by atoms with Crippen molar-refractivity contribution in [3.05, 3.63) is 38.4 Å². The molecule has 0 amide bonds. The van der Waals surface area contributed by atoms with Gasteiger partial charge in [-0.25, -0.2) is 13.4 Å². The number of nitro groups is 1. The average Bonchev–Trinajstić information content (AvgIpc) is 2.95. The van der Waals surface area contributed by atoms with E-state index >= 15 is 0 Å². The molecule has 0 bridgehead atoms. The van der Waals surface area contributed by atoms with E-state index in [4.69, 9.17) is 16.0 Å². The van der Waals surface area contributed by atoms with Crippen molar-refractivity contribution in [2.24, 2.45) is 0 Å². The number of nitrogens with one attached hydrogen (secondary N) is 1. The van der Waals surface area contributed by atoms with Crippen molar-refractivity contribution in [2.75, 3.05) is 0 Å². The molecule has 11 heteroatoms. The minimum Gasteiger partial charge on any atom is -0.444 e. The van der Waals surface area contributed by atoms with Crippen molar-refractivity contribution in [1.82, 2.24) is 9.71 Å². The maximum Gasteiger partial charge on any atom is 0.300 e. The molecule has 114 valence electrons. The van der Waals surface area contributed by atoms with Gasteiger partial charge in [0.1, 0.15) is 9.97 Å². The summed E-state index contributed by atoms with van der Waals surface area (Å²) in [7, 11) is -3.95. The summed E-state index contributed by atoms with van der Waals surface area (Å²) >= 11 is 6.27. The minimum atomic E-state index is -3.95. The van der Waals surface area contributed by atoms with Crippen molar-refractivity contribution < 1.29 is 17.8 Å². The lowest BCUT2D eigenvalue weighted by molar-refractivity contribution is -0.384. The molecule has 2 aromatic rings. The second-order valence-electron chi connectivity index (χ2n) is 4.13. The van der Waals surface area contributed by atoms with Crippen LogP contribution in [0.25, 0.3) is 0 Å². The average molecular weight is 352 g/mol. The van der Waals surface area contributed by atoms with E-state index in [-0.39, 0.29) is 14.4 Å². The zero-order valence-electron chi connectivity index (χ0n) is 10.9. The second-order valence-corrected chi connectivity index (χ2v) is 7.73. The summed E-state index contributed by atoms with van der Waals surface area (Å²) < 4.78 is 31.4. The number of rotatable bonds is 5. The molecule has 2 heterocycles. The highest BCUT2D eigenvalue weighted by Crippen LogP contribution is 2.36. The molecule has 0 aliphatic heterocycles. The maximum atomic E-state index is 12.2. The smallest absolute Gasteiger partial charge is 0.300 e. The monoisotopic (exact) mass is 351 g/mol. The largest absolute Gasteiger partial charge is 0.444 e. The van der Waals surface area contributed by atoms with E-state index in [0.29, 0.717) is 17.1 Å². The number of aryl methyl sites for hydroxylation is 1. The zero-order chi connectivity index (χ0) is 15.8. The first-order valence-electron chi connectivity index (χ1n) is 5.59. The van der Waals surface area contributed by atoms with Gasteiger partial charge in [0.25, 0.3) is 15.7 Å². The lowest BCUT2D eigenvalue weighted by Gasteiger charge is -2.09. The number of nitrogens with zero attached hydrogens (tertiary/aromatic N) is 2. The van der Waals surface area contributed by atoms with E-state index < -0.39 is 26.7 Å². The molecule has 2 aromatic heterocycles. The van der Waals surface area contributed by atoms with Crippen molar-refractivity contribution in [3.8, 4) is 0 Å². The predicted molar refractivity (Wildman–Crippen MR) is 76.0 cm³/mol. The molecule has 1 N–H and O–H groups in total. The number of thiophene rings is 1. The molecule has 0 spiro atoms. The molecule has 2 rings (SSSR count). The van der Waals surface area contributed by atoms with Crippen LogP contribution >= 0.6 is 22.9 Å². The van der Waals surface area contributed by atoms with Crippen LogP contribution in [0, 0.1) is 17.0 Å². The Kier molecular flexibility index (Phi) is 4.33. The van der Waals surface area contributed by atoms with Crippen LogP contribution in [-0.2, 0) is 10.0 Å². The first-order chi connectivity index (χ1) is 9.70. The number of sulfonamides is 1. The molecule has 8 nitrogen and oxygen atoms in total. The Morgan fingerprint density at radius 2 is 2.24 bits per heavy atom. The molecule has 21 heavy (non-hydrogen) atoms. The van der Waals surface area contributed by atoms with Gasteiger partial charge < -0.3 is 4.42 Å². The summed E-state index contributed by atoms with van der Waals surface area (Å²) in [6.45, 7) is 3.23. The quantitative estimate of drug-likeness (QED) is 0.654. The van der Waals surface area contributed by atoms with Crippen molar-refractivity contribution in [1.29, 1.82) is 0 Å². The standard InChI is InChI=1S/C10H10ClN3O5S2/c1-5-4-12-10(19-5)6(2)13-21(17,18)8-3-7(14(15)16)9(11)20-8/h3-4,6,13H,1-2H3. The highest BCUT2D eigenvalue weighted by molar-refractivity contribution is 7.91. The maximum absolute atomic E-state index is 12.2. The van der Waals surface area contributed by atoms with E-state index in [1.807, 2.05) is 0 Å². The Morgan fingerprint density at radius 1 is 1.57 bits per heavy atom. The molecule has 0 fully saturated rings. The van der Waals surface area contributed by atoms with E-state index in [0.717, 1.165) is 6.07 Å². The molecule has 0 aliphatic carbocycles. The van der Waals surface area contributed by atoms with Gasteiger partial charge in [0, 0.05) is 6.07 Å². The fourth-order valence-electron chi connectivity index (χ4n) is 1.51. The Bertz CT molecular complexity index is 782. The normalized spacial score (nSPS) is 13.3. The molecule has 0 aromatic carbocycles. The van der Waals surface area contributed by atoms with Gasteiger partial charge in [0.05, 0.1) is 17.2 Å². The van der Waals surface area contributed by atoms with Crippen LogP contribution in [0.15, 0.2) is 20.9 Å². The summed E-state index contributed by atoms with van der Waals surface area (Å²) in [5, 5.41) is 10.7. The predicted octanol–water partition coefficient (Wildman–Crippen LogP) is 2.65. The van der Waals surface area contributed by atoms with Crippen LogP contribution in [0.5, 0.6) is 0 Å². The van der Waals surface area contributed by atoms with Gasteiger partial charge in [-0.3, -0.25) is 10.1 Å². The van der Waals surface area contributed by atoms with Gasteiger partial charge >= 0.3 is 0 Å². The number of halogens is 1.